The molecule has 3 atom stereocenters. The summed E-state index contributed by atoms with van der Waals surface area (Å²) in [5.41, 5.74) is 6.57. The SMILES string of the molecule is CC(N)CC(=O)N1CCC(C)C1c1cccc(F)c1.Cl. The van der Waals surface area contributed by atoms with Gasteiger partial charge in [0.1, 0.15) is 5.82 Å². The van der Waals surface area contributed by atoms with E-state index in [0.29, 0.717) is 12.3 Å². The Kier molecular flexibility index (Phi) is 5.96. The molecule has 1 aliphatic rings. The lowest BCUT2D eigenvalue weighted by Crippen LogP contribution is -2.35. The molecule has 1 heterocycles. The van der Waals surface area contributed by atoms with Crippen LogP contribution in [-0.4, -0.2) is 23.4 Å². The lowest BCUT2D eigenvalue weighted by Gasteiger charge is -2.28. The van der Waals surface area contributed by atoms with Crippen LogP contribution in [0.2, 0.25) is 0 Å². The standard InChI is InChI=1S/C15H21FN2O.ClH/c1-10-6-7-18(14(19)8-11(2)17)15(10)12-4-3-5-13(16)9-12;/h3-5,9-11,15H,6-8,17H2,1-2H3;1H. The fourth-order valence-electron chi connectivity index (χ4n) is 2.82. The predicted molar refractivity (Wildman–Crippen MR) is 80.1 cm³/mol. The Bertz CT molecular complexity index is 467. The van der Waals surface area contributed by atoms with Gasteiger partial charge in [-0.15, -0.1) is 12.4 Å². The maximum atomic E-state index is 13.4. The third-order valence-corrected chi connectivity index (χ3v) is 3.71. The van der Waals surface area contributed by atoms with Gasteiger partial charge in [0.25, 0.3) is 0 Å². The zero-order valence-corrected chi connectivity index (χ0v) is 12.7. The van der Waals surface area contributed by atoms with Gasteiger partial charge in [-0.25, -0.2) is 4.39 Å². The van der Waals surface area contributed by atoms with Crippen LogP contribution in [0.4, 0.5) is 4.39 Å². The number of nitrogens with zero attached hydrogens (tertiary/aromatic N) is 1. The Morgan fingerprint density at radius 3 is 2.85 bits per heavy atom. The van der Waals surface area contributed by atoms with Crippen molar-refractivity contribution in [1.82, 2.24) is 4.90 Å². The van der Waals surface area contributed by atoms with Gasteiger partial charge in [-0.05, 0) is 37.0 Å². The van der Waals surface area contributed by atoms with Gasteiger partial charge in [0.05, 0.1) is 6.04 Å². The van der Waals surface area contributed by atoms with Crippen LogP contribution in [0.3, 0.4) is 0 Å². The molecule has 3 nitrogen and oxygen atoms in total. The van der Waals surface area contributed by atoms with E-state index in [9.17, 15) is 9.18 Å². The summed E-state index contributed by atoms with van der Waals surface area (Å²) >= 11 is 0. The maximum Gasteiger partial charge on any atom is 0.224 e. The van der Waals surface area contributed by atoms with E-state index in [2.05, 4.69) is 6.92 Å². The third-order valence-electron chi connectivity index (χ3n) is 3.71. The van der Waals surface area contributed by atoms with Gasteiger partial charge in [-0.1, -0.05) is 19.1 Å². The maximum absolute atomic E-state index is 13.4. The Labute approximate surface area is 125 Å². The Morgan fingerprint density at radius 2 is 2.25 bits per heavy atom. The summed E-state index contributed by atoms with van der Waals surface area (Å²) in [7, 11) is 0. The molecule has 0 bridgehead atoms. The fraction of sp³-hybridized carbons (Fsp3) is 0.533. The Morgan fingerprint density at radius 1 is 1.55 bits per heavy atom. The molecular formula is C15H22ClFN2O. The third kappa shape index (κ3) is 3.70. The van der Waals surface area contributed by atoms with Crippen molar-refractivity contribution in [2.24, 2.45) is 11.7 Å². The number of likely N-dealkylation sites (tertiary alicyclic amines) is 1. The summed E-state index contributed by atoms with van der Waals surface area (Å²) in [5.74, 6) is 0.156. The van der Waals surface area contributed by atoms with E-state index < -0.39 is 0 Å². The highest BCUT2D eigenvalue weighted by atomic mass is 35.5. The van der Waals surface area contributed by atoms with Crippen LogP contribution in [0.1, 0.15) is 38.3 Å². The number of carbonyl (C=O) groups excluding carboxylic acids is 1. The Hall–Kier alpha value is -1.13. The second-order valence-electron chi connectivity index (χ2n) is 5.53. The van der Waals surface area contributed by atoms with Crippen molar-refractivity contribution in [3.05, 3.63) is 35.6 Å². The van der Waals surface area contributed by atoms with E-state index in [1.54, 1.807) is 6.07 Å². The van der Waals surface area contributed by atoms with Gasteiger partial charge in [0.2, 0.25) is 5.91 Å². The molecule has 1 fully saturated rings. The number of hydrogen-bond acceptors (Lipinski definition) is 2. The quantitative estimate of drug-likeness (QED) is 0.933. The van der Waals surface area contributed by atoms with Gasteiger partial charge in [-0.3, -0.25) is 4.79 Å². The number of hydrogen-bond donors (Lipinski definition) is 1. The Balaban J connectivity index is 0.00000200. The molecule has 1 aromatic carbocycles. The molecule has 2 rings (SSSR count). The van der Waals surface area contributed by atoms with Crippen LogP contribution >= 0.6 is 12.4 Å². The van der Waals surface area contributed by atoms with E-state index in [1.165, 1.54) is 12.1 Å². The molecule has 0 saturated carbocycles. The topological polar surface area (TPSA) is 46.3 Å². The molecule has 0 spiro atoms. The van der Waals surface area contributed by atoms with Gasteiger partial charge < -0.3 is 10.6 Å². The zero-order chi connectivity index (χ0) is 14.0. The van der Waals surface area contributed by atoms with Crippen molar-refractivity contribution in [3.63, 3.8) is 0 Å². The number of benzene rings is 1. The van der Waals surface area contributed by atoms with Crippen LogP contribution in [0, 0.1) is 11.7 Å². The molecule has 1 aromatic rings. The van der Waals surface area contributed by atoms with E-state index in [4.69, 9.17) is 5.73 Å². The molecular weight excluding hydrogens is 279 g/mol. The average molecular weight is 301 g/mol. The monoisotopic (exact) mass is 300 g/mol. The molecule has 1 amide bonds. The second kappa shape index (κ2) is 7.04. The number of amides is 1. The minimum absolute atomic E-state index is 0. The lowest BCUT2D eigenvalue weighted by atomic mass is 9.95. The van der Waals surface area contributed by atoms with E-state index in [0.717, 1.165) is 18.5 Å². The average Bonchev–Trinajstić information content (AvgIpc) is 2.70. The predicted octanol–water partition coefficient (Wildman–Crippen LogP) is 2.89. The van der Waals surface area contributed by atoms with Crippen molar-refractivity contribution in [1.29, 1.82) is 0 Å². The number of halogens is 2. The van der Waals surface area contributed by atoms with Crippen LogP contribution in [0.15, 0.2) is 24.3 Å². The highest BCUT2D eigenvalue weighted by molar-refractivity contribution is 5.85. The minimum Gasteiger partial charge on any atom is -0.335 e. The fourth-order valence-corrected chi connectivity index (χ4v) is 2.82. The minimum atomic E-state index is -0.254. The molecule has 0 aliphatic carbocycles. The molecule has 0 radical (unpaired) electrons. The van der Waals surface area contributed by atoms with E-state index in [1.807, 2.05) is 17.9 Å². The molecule has 5 heteroatoms. The van der Waals surface area contributed by atoms with Gasteiger partial charge >= 0.3 is 0 Å². The highest BCUT2D eigenvalue weighted by Crippen LogP contribution is 2.37. The smallest absolute Gasteiger partial charge is 0.224 e. The first-order chi connectivity index (χ1) is 8.99. The van der Waals surface area contributed by atoms with Gasteiger partial charge in [-0.2, -0.15) is 0 Å². The van der Waals surface area contributed by atoms with E-state index in [-0.39, 0.29) is 36.2 Å². The molecule has 1 aliphatic heterocycles. The molecule has 2 N–H and O–H groups in total. The molecule has 3 unspecified atom stereocenters. The van der Waals surface area contributed by atoms with Crippen LogP contribution < -0.4 is 5.73 Å². The number of carbonyl (C=O) groups is 1. The summed E-state index contributed by atoms with van der Waals surface area (Å²) in [6, 6.07) is 6.38. The molecule has 20 heavy (non-hydrogen) atoms. The van der Waals surface area contributed by atoms with Crippen LogP contribution in [0.5, 0.6) is 0 Å². The lowest BCUT2D eigenvalue weighted by molar-refractivity contribution is -0.132. The van der Waals surface area contributed by atoms with Gasteiger partial charge in [0.15, 0.2) is 0 Å². The summed E-state index contributed by atoms with van der Waals surface area (Å²) < 4.78 is 13.4. The van der Waals surface area contributed by atoms with E-state index >= 15 is 0 Å². The van der Waals surface area contributed by atoms with Crippen molar-refractivity contribution in [2.75, 3.05) is 6.54 Å². The van der Waals surface area contributed by atoms with Crippen molar-refractivity contribution >= 4 is 18.3 Å². The van der Waals surface area contributed by atoms with Crippen LogP contribution in [-0.2, 0) is 4.79 Å². The summed E-state index contributed by atoms with van der Waals surface area (Å²) in [4.78, 5) is 14.1. The van der Waals surface area contributed by atoms with Crippen molar-refractivity contribution in [3.8, 4) is 0 Å². The van der Waals surface area contributed by atoms with Crippen molar-refractivity contribution in [2.45, 2.75) is 38.8 Å². The normalized spacial score (nSPS) is 23.3. The second-order valence-corrected chi connectivity index (χ2v) is 5.53. The number of nitrogens with two attached hydrogens (primary N) is 1. The summed E-state index contributed by atoms with van der Waals surface area (Å²) in [6.07, 6.45) is 1.30. The first-order valence-corrected chi connectivity index (χ1v) is 6.79. The molecule has 1 saturated heterocycles. The largest absolute Gasteiger partial charge is 0.335 e. The highest BCUT2D eigenvalue weighted by Gasteiger charge is 2.35. The first kappa shape index (κ1) is 16.9. The zero-order valence-electron chi connectivity index (χ0n) is 11.9. The number of rotatable bonds is 3. The van der Waals surface area contributed by atoms with Gasteiger partial charge in [0, 0.05) is 19.0 Å². The van der Waals surface area contributed by atoms with Crippen LogP contribution in [0.25, 0.3) is 0 Å². The van der Waals surface area contributed by atoms with Crippen molar-refractivity contribution < 1.29 is 9.18 Å². The molecule has 112 valence electrons. The summed E-state index contributed by atoms with van der Waals surface area (Å²) in [6.45, 7) is 4.66. The summed E-state index contributed by atoms with van der Waals surface area (Å²) in [5, 5.41) is 0. The molecule has 0 aromatic heterocycles. The first-order valence-electron chi connectivity index (χ1n) is 6.79.